The molecule has 0 bridgehead atoms. The maximum Gasteiger partial charge on any atom is 0.200 e. The summed E-state index contributed by atoms with van der Waals surface area (Å²) in [6.45, 7) is 2.79. The fourth-order valence-corrected chi connectivity index (χ4v) is 7.54. The zero-order chi connectivity index (χ0) is 28.2. The fraction of sp³-hybridized carbons (Fsp3) is 0.636. The van der Waals surface area contributed by atoms with Crippen molar-refractivity contribution in [3.8, 4) is 11.5 Å². The van der Waals surface area contributed by atoms with Crippen LogP contribution < -0.4 is 4.74 Å². The van der Waals surface area contributed by atoms with Gasteiger partial charge in [-0.1, -0.05) is 12.1 Å². The number of hydrogen-bond acceptors (Lipinski definition) is 3. The summed E-state index contributed by atoms with van der Waals surface area (Å²) in [5, 5.41) is 9.38. The number of benzene rings is 2. The molecule has 5 rings (SSSR count). The predicted molar refractivity (Wildman–Crippen MR) is 147 cm³/mol. The highest BCUT2D eigenvalue weighted by Crippen LogP contribution is 2.45. The highest BCUT2D eigenvalue weighted by atomic mass is 19.2. The molecule has 0 radical (unpaired) electrons. The number of aromatic hydroxyl groups is 1. The molecule has 0 spiro atoms. The van der Waals surface area contributed by atoms with Crippen molar-refractivity contribution in [2.24, 2.45) is 17.8 Å². The van der Waals surface area contributed by atoms with Crippen LogP contribution in [0.5, 0.6) is 11.5 Å². The molecule has 220 valence electrons. The van der Waals surface area contributed by atoms with Crippen LogP contribution in [0.25, 0.3) is 0 Å². The van der Waals surface area contributed by atoms with Crippen LogP contribution in [0.15, 0.2) is 24.3 Å². The first-order valence-electron chi connectivity index (χ1n) is 15.2. The molecule has 7 heteroatoms. The van der Waals surface area contributed by atoms with Crippen LogP contribution in [0.3, 0.4) is 0 Å². The molecule has 0 atom stereocenters. The number of phenols is 1. The Bertz CT molecular complexity index is 1130. The van der Waals surface area contributed by atoms with Crippen molar-refractivity contribution < 1.29 is 32.1 Å². The van der Waals surface area contributed by atoms with E-state index < -0.39 is 29.0 Å². The molecule has 3 aliphatic rings. The Kier molecular flexibility index (Phi) is 9.60. The first-order valence-corrected chi connectivity index (χ1v) is 15.2. The molecule has 2 aromatic rings. The van der Waals surface area contributed by atoms with Crippen LogP contribution in [-0.4, -0.2) is 24.4 Å². The topological polar surface area (TPSA) is 38.7 Å². The minimum Gasteiger partial charge on any atom is -0.505 e. The standard InChI is InChI=1S/C33H42F4O3/c1-2-39-29-18-16-27(31(35)33(29)37)24-9-7-21(8-10-24)22-11-13-25(14-12-22)40-19-20-3-5-23(6-4-20)26-15-17-28(38)32(36)30(26)34/h15-18,20-25,38H,2-14,19H2,1H3. The van der Waals surface area contributed by atoms with E-state index in [0.29, 0.717) is 35.5 Å². The van der Waals surface area contributed by atoms with Crippen molar-refractivity contribution in [1.82, 2.24) is 0 Å². The number of hydrogen-bond donors (Lipinski definition) is 1. The summed E-state index contributed by atoms with van der Waals surface area (Å²) in [7, 11) is 0. The summed E-state index contributed by atoms with van der Waals surface area (Å²) in [5.74, 6) is -2.49. The lowest BCUT2D eigenvalue weighted by Gasteiger charge is -2.38. The fourth-order valence-electron chi connectivity index (χ4n) is 7.54. The molecule has 0 amide bonds. The minimum atomic E-state index is -1.15. The Morgan fingerprint density at radius 3 is 1.77 bits per heavy atom. The Balaban J connectivity index is 1.02. The molecule has 40 heavy (non-hydrogen) atoms. The van der Waals surface area contributed by atoms with Gasteiger partial charge in [0.05, 0.1) is 12.7 Å². The smallest absolute Gasteiger partial charge is 0.200 e. The normalized spacial score (nSPS) is 29.3. The summed E-state index contributed by atoms with van der Waals surface area (Å²) in [4.78, 5) is 0. The van der Waals surface area contributed by atoms with Gasteiger partial charge >= 0.3 is 0 Å². The van der Waals surface area contributed by atoms with Crippen molar-refractivity contribution in [2.45, 2.75) is 102 Å². The maximum absolute atomic E-state index is 14.7. The Morgan fingerprint density at radius 2 is 1.18 bits per heavy atom. The Labute approximate surface area is 235 Å². The quantitative estimate of drug-likeness (QED) is 0.326. The number of ether oxygens (including phenoxy) is 2. The van der Waals surface area contributed by atoms with Crippen molar-refractivity contribution in [2.75, 3.05) is 13.2 Å². The highest BCUT2D eigenvalue weighted by molar-refractivity contribution is 5.34. The molecule has 0 aromatic heterocycles. The third-order valence-corrected chi connectivity index (χ3v) is 9.92. The Morgan fingerprint density at radius 1 is 0.650 bits per heavy atom. The third kappa shape index (κ3) is 6.45. The van der Waals surface area contributed by atoms with E-state index in [2.05, 4.69) is 0 Å². The van der Waals surface area contributed by atoms with E-state index in [1.54, 1.807) is 19.1 Å². The first-order chi connectivity index (χ1) is 19.4. The average molecular weight is 563 g/mol. The van der Waals surface area contributed by atoms with Gasteiger partial charge in [0.25, 0.3) is 0 Å². The van der Waals surface area contributed by atoms with Crippen LogP contribution in [0.1, 0.15) is 107 Å². The van der Waals surface area contributed by atoms with Gasteiger partial charge in [0, 0.05) is 6.61 Å². The van der Waals surface area contributed by atoms with Gasteiger partial charge in [-0.25, -0.2) is 8.78 Å². The first kappa shape index (κ1) is 29.2. The molecule has 0 unspecified atom stereocenters. The van der Waals surface area contributed by atoms with E-state index >= 15 is 0 Å². The third-order valence-electron chi connectivity index (χ3n) is 9.92. The molecule has 3 nitrogen and oxygen atoms in total. The van der Waals surface area contributed by atoms with Crippen LogP contribution >= 0.6 is 0 Å². The summed E-state index contributed by atoms with van der Waals surface area (Å²) in [6.07, 6.45) is 12.1. The van der Waals surface area contributed by atoms with E-state index in [9.17, 15) is 22.7 Å². The Hall–Kier alpha value is -2.28. The molecular weight excluding hydrogens is 520 g/mol. The summed E-state index contributed by atoms with van der Waals surface area (Å²) < 4.78 is 68.6. The monoisotopic (exact) mass is 562 g/mol. The van der Waals surface area contributed by atoms with Gasteiger partial charge in [-0.3, -0.25) is 0 Å². The van der Waals surface area contributed by atoms with Crippen LogP contribution in [0.4, 0.5) is 17.6 Å². The molecule has 3 aliphatic carbocycles. The second kappa shape index (κ2) is 13.1. The molecule has 0 heterocycles. The number of halogens is 4. The molecule has 3 saturated carbocycles. The van der Waals surface area contributed by atoms with E-state index in [1.807, 2.05) is 0 Å². The van der Waals surface area contributed by atoms with E-state index in [0.717, 1.165) is 83.7 Å². The largest absolute Gasteiger partial charge is 0.505 e. The second-order valence-electron chi connectivity index (χ2n) is 12.2. The average Bonchev–Trinajstić information content (AvgIpc) is 2.98. The van der Waals surface area contributed by atoms with Gasteiger partial charge in [0.2, 0.25) is 11.6 Å². The summed E-state index contributed by atoms with van der Waals surface area (Å²) in [6, 6.07) is 6.02. The molecule has 0 aliphatic heterocycles. The number of phenolic OH excluding ortho intramolecular Hbond substituents is 1. The molecule has 1 N–H and O–H groups in total. The van der Waals surface area contributed by atoms with Crippen molar-refractivity contribution >= 4 is 0 Å². The minimum absolute atomic E-state index is 0.00903. The predicted octanol–water partition coefficient (Wildman–Crippen LogP) is 9.17. The van der Waals surface area contributed by atoms with Gasteiger partial charge in [0.1, 0.15) is 0 Å². The second-order valence-corrected chi connectivity index (χ2v) is 12.2. The lowest BCUT2D eigenvalue weighted by Crippen LogP contribution is -2.30. The molecule has 2 aromatic carbocycles. The zero-order valence-corrected chi connectivity index (χ0v) is 23.4. The van der Waals surface area contributed by atoms with Crippen molar-refractivity contribution in [1.29, 1.82) is 0 Å². The van der Waals surface area contributed by atoms with E-state index in [1.165, 1.54) is 12.1 Å². The molecule has 0 saturated heterocycles. The van der Waals surface area contributed by atoms with Crippen molar-refractivity contribution in [3.05, 3.63) is 58.7 Å². The maximum atomic E-state index is 14.7. The summed E-state index contributed by atoms with van der Waals surface area (Å²) in [5.41, 5.74) is 0.865. The van der Waals surface area contributed by atoms with Crippen LogP contribution in [-0.2, 0) is 4.74 Å². The van der Waals surface area contributed by atoms with Crippen LogP contribution in [0.2, 0.25) is 0 Å². The van der Waals surface area contributed by atoms with Gasteiger partial charge < -0.3 is 14.6 Å². The van der Waals surface area contributed by atoms with Crippen LogP contribution in [0, 0.1) is 41.0 Å². The lowest BCUT2D eigenvalue weighted by atomic mass is 9.69. The van der Waals surface area contributed by atoms with E-state index in [4.69, 9.17) is 9.47 Å². The zero-order valence-electron chi connectivity index (χ0n) is 23.4. The SMILES string of the molecule is CCOc1ccc(C2CCC(C3CCC(OCC4CCC(c5ccc(O)c(F)c5F)CC4)CC3)CC2)c(F)c1F. The van der Waals surface area contributed by atoms with Gasteiger partial charge in [-0.15, -0.1) is 0 Å². The molecular formula is C33H42F4O3. The van der Waals surface area contributed by atoms with E-state index in [-0.39, 0.29) is 23.7 Å². The molecule has 3 fully saturated rings. The lowest BCUT2D eigenvalue weighted by molar-refractivity contribution is -0.0149. The highest BCUT2D eigenvalue weighted by Gasteiger charge is 2.33. The van der Waals surface area contributed by atoms with Crippen molar-refractivity contribution in [3.63, 3.8) is 0 Å². The van der Waals surface area contributed by atoms with Gasteiger partial charge in [0.15, 0.2) is 23.1 Å². The van der Waals surface area contributed by atoms with Gasteiger partial charge in [-0.2, -0.15) is 8.78 Å². The number of rotatable bonds is 8. The summed E-state index contributed by atoms with van der Waals surface area (Å²) >= 11 is 0. The van der Waals surface area contributed by atoms with Gasteiger partial charge in [-0.05, 0) is 137 Å².